The van der Waals surface area contributed by atoms with Gasteiger partial charge in [0.2, 0.25) is 0 Å². The standard InChI is InChI=1S/C9H20.2CH4/c1-7-9(5,6)8(2,3)4;;/h7H2,1-6H3;2*1H4. The monoisotopic (exact) mass is 160 g/mol. The van der Waals surface area contributed by atoms with E-state index in [4.69, 9.17) is 0 Å². The van der Waals surface area contributed by atoms with Gasteiger partial charge in [-0.1, -0.05) is 62.8 Å². The topological polar surface area (TPSA) is 0 Å². The van der Waals surface area contributed by atoms with Gasteiger partial charge >= 0.3 is 0 Å². The molecule has 0 aromatic heterocycles. The highest BCUT2D eigenvalue weighted by molar-refractivity contribution is 4.80. The minimum atomic E-state index is 0. The Morgan fingerprint density at radius 2 is 1.09 bits per heavy atom. The van der Waals surface area contributed by atoms with Crippen LogP contribution < -0.4 is 0 Å². The normalized spacial score (nSPS) is 11.5. The summed E-state index contributed by atoms with van der Waals surface area (Å²) in [6, 6.07) is 0. The van der Waals surface area contributed by atoms with Crippen LogP contribution in [-0.2, 0) is 0 Å². The molecular formula is C11H28. The Labute approximate surface area is 74.4 Å². The first-order valence-corrected chi connectivity index (χ1v) is 3.81. The summed E-state index contributed by atoms with van der Waals surface area (Å²) in [4.78, 5) is 0. The van der Waals surface area contributed by atoms with Crippen molar-refractivity contribution in [3.8, 4) is 0 Å². The maximum absolute atomic E-state index is 2.33. The van der Waals surface area contributed by atoms with Crippen LogP contribution in [0.3, 0.4) is 0 Å². The van der Waals surface area contributed by atoms with Gasteiger partial charge in [-0.2, -0.15) is 0 Å². The van der Waals surface area contributed by atoms with E-state index in [0.29, 0.717) is 10.8 Å². The van der Waals surface area contributed by atoms with Crippen LogP contribution >= 0.6 is 0 Å². The molecule has 0 rings (SSSR count). The second kappa shape index (κ2) is 4.79. The molecule has 0 amide bonds. The molecule has 0 bridgehead atoms. The maximum Gasteiger partial charge on any atom is -0.0308 e. The van der Waals surface area contributed by atoms with E-state index in [1.807, 2.05) is 0 Å². The minimum absolute atomic E-state index is 0. The van der Waals surface area contributed by atoms with Crippen molar-refractivity contribution >= 4 is 0 Å². The van der Waals surface area contributed by atoms with Crippen molar-refractivity contribution < 1.29 is 0 Å². The minimum Gasteiger partial charge on any atom is -0.0776 e. The van der Waals surface area contributed by atoms with Crippen LogP contribution in [0.1, 0.15) is 62.8 Å². The van der Waals surface area contributed by atoms with Crippen molar-refractivity contribution in [2.75, 3.05) is 0 Å². The van der Waals surface area contributed by atoms with Gasteiger partial charge < -0.3 is 0 Å². The van der Waals surface area contributed by atoms with E-state index in [2.05, 4.69) is 41.5 Å². The Kier molecular flexibility index (Phi) is 7.49. The van der Waals surface area contributed by atoms with Gasteiger partial charge in [-0.25, -0.2) is 0 Å². The fourth-order valence-corrected chi connectivity index (χ4v) is 0.530. The zero-order valence-corrected chi connectivity index (χ0v) is 7.71. The Bertz CT molecular complexity index is 82.7. The second-order valence-electron chi connectivity index (χ2n) is 4.49. The zero-order chi connectivity index (χ0) is 7.71. The molecule has 0 atom stereocenters. The van der Waals surface area contributed by atoms with Gasteiger partial charge in [-0.15, -0.1) is 0 Å². The molecule has 0 N–H and O–H groups in total. The van der Waals surface area contributed by atoms with E-state index in [9.17, 15) is 0 Å². The quantitative estimate of drug-likeness (QED) is 0.519. The maximum atomic E-state index is 2.33. The van der Waals surface area contributed by atoms with Gasteiger partial charge in [0.25, 0.3) is 0 Å². The molecule has 0 aliphatic carbocycles. The summed E-state index contributed by atoms with van der Waals surface area (Å²) in [6.45, 7) is 13.8. The van der Waals surface area contributed by atoms with E-state index < -0.39 is 0 Å². The zero-order valence-electron chi connectivity index (χ0n) is 7.71. The molecule has 0 nitrogen and oxygen atoms in total. The predicted octanol–water partition coefficient (Wildman–Crippen LogP) is 4.74. The lowest BCUT2D eigenvalue weighted by molar-refractivity contribution is 0.126. The highest BCUT2D eigenvalue weighted by Gasteiger charge is 2.30. The van der Waals surface area contributed by atoms with Crippen molar-refractivity contribution in [3.05, 3.63) is 0 Å². The molecular weight excluding hydrogens is 132 g/mol. The summed E-state index contributed by atoms with van der Waals surface area (Å²) >= 11 is 0. The fraction of sp³-hybridized carbons (Fsp3) is 1.00. The average molecular weight is 160 g/mol. The van der Waals surface area contributed by atoms with Crippen molar-refractivity contribution in [2.24, 2.45) is 10.8 Å². The molecule has 0 radical (unpaired) electrons. The Balaban J connectivity index is -0.000000320. The molecule has 0 aromatic rings. The van der Waals surface area contributed by atoms with Crippen LogP contribution in [0.4, 0.5) is 0 Å². The molecule has 0 saturated carbocycles. The summed E-state index contributed by atoms with van der Waals surface area (Å²) < 4.78 is 0. The van der Waals surface area contributed by atoms with Crippen LogP contribution in [0.25, 0.3) is 0 Å². The van der Waals surface area contributed by atoms with Gasteiger partial charge in [0.15, 0.2) is 0 Å². The largest absolute Gasteiger partial charge is 0.0776 e. The summed E-state index contributed by atoms with van der Waals surface area (Å²) in [5.74, 6) is 0. The van der Waals surface area contributed by atoms with Crippen LogP contribution in [0, 0.1) is 10.8 Å². The summed E-state index contributed by atoms with van der Waals surface area (Å²) in [5.41, 5.74) is 0.925. The smallest absolute Gasteiger partial charge is 0.0308 e. The highest BCUT2D eigenvalue weighted by Crippen LogP contribution is 2.40. The lowest BCUT2D eigenvalue weighted by Crippen LogP contribution is -2.28. The van der Waals surface area contributed by atoms with Crippen molar-refractivity contribution in [2.45, 2.75) is 62.8 Å². The van der Waals surface area contributed by atoms with Crippen LogP contribution in [0.2, 0.25) is 0 Å². The molecule has 0 heteroatoms. The molecule has 0 aliphatic rings. The van der Waals surface area contributed by atoms with Crippen molar-refractivity contribution in [1.82, 2.24) is 0 Å². The third kappa shape index (κ3) is 4.44. The van der Waals surface area contributed by atoms with Gasteiger partial charge in [0.05, 0.1) is 0 Å². The predicted molar refractivity (Wildman–Crippen MR) is 57.0 cm³/mol. The lowest BCUT2D eigenvalue weighted by Gasteiger charge is -2.37. The number of hydrogen-bond donors (Lipinski definition) is 0. The number of rotatable bonds is 1. The summed E-state index contributed by atoms with van der Waals surface area (Å²) in [5, 5.41) is 0. The first kappa shape index (κ1) is 17.2. The SMILES string of the molecule is C.C.CCC(C)(C)C(C)(C)C. The van der Waals surface area contributed by atoms with Crippen LogP contribution in [0.15, 0.2) is 0 Å². The second-order valence-corrected chi connectivity index (χ2v) is 4.49. The van der Waals surface area contributed by atoms with Crippen molar-refractivity contribution in [3.63, 3.8) is 0 Å². The fourth-order valence-electron chi connectivity index (χ4n) is 0.530. The first-order chi connectivity index (χ1) is 3.81. The van der Waals surface area contributed by atoms with Crippen molar-refractivity contribution in [1.29, 1.82) is 0 Å². The molecule has 0 unspecified atom stereocenters. The summed E-state index contributed by atoms with van der Waals surface area (Å²) in [7, 11) is 0. The highest BCUT2D eigenvalue weighted by atomic mass is 14.3. The van der Waals surface area contributed by atoms with Gasteiger partial charge in [-0.05, 0) is 10.8 Å². The molecule has 0 spiro atoms. The Morgan fingerprint density at radius 1 is 0.818 bits per heavy atom. The molecule has 0 fully saturated rings. The lowest BCUT2D eigenvalue weighted by atomic mass is 9.68. The third-order valence-corrected chi connectivity index (χ3v) is 2.91. The van der Waals surface area contributed by atoms with Gasteiger partial charge in [0, 0.05) is 0 Å². The van der Waals surface area contributed by atoms with E-state index >= 15 is 0 Å². The average Bonchev–Trinajstić information content (AvgIpc) is 1.64. The van der Waals surface area contributed by atoms with E-state index in [-0.39, 0.29) is 14.9 Å². The Morgan fingerprint density at radius 3 is 1.09 bits per heavy atom. The molecule has 0 aliphatic heterocycles. The van der Waals surface area contributed by atoms with E-state index in [0.717, 1.165) is 0 Å². The van der Waals surface area contributed by atoms with Crippen LogP contribution in [0.5, 0.6) is 0 Å². The molecule has 0 heterocycles. The molecule has 11 heavy (non-hydrogen) atoms. The first-order valence-electron chi connectivity index (χ1n) is 3.81. The van der Waals surface area contributed by atoms with Crippen LogP contribution in [-0.4, -0.2) is 0 Å². The number of hydrogen-bond acceptors (Lipinski definition) is 0. The van der Waals surface area contributed by atoms with E-state index in [1.54, 1.807) is 0 Å². The van der Waals surface area contributed by atoms with Gasteiger partial charge in [0.1, 0.15) is 0 Å². The molecule has 0 aromatic carbocycles. The third-order valence-electron chi connectivity index (χ3n) is 2.91. The molecule has 72 valence electrons. The summed E-state index contributed by atoms with van der Waals surface area (Å²) in [6.07, 6.45) is 1.26. The Hall–Kier alpha value is 0. The molecule has 0 saturated heterocycles. The van der Waals surface area contributed by atoms with Gasteiger partial charge in [-0.3, -0.25) is 0 Å². The van der Waals surface area contributed by atoms with E-state index in [1.165, 1.54) is 6.42 Å².